The molecule has 14 radical (unpaired) electrons. The Morgan fingerprint density at radius 1 is 0.292 bits per heavy atom. The second-order valence-electron chi connectivity index (χ2n) is 6.25. The zero-order valence-electron chi connectivity index (χ0n) is 17.9. The molecule has 0 N–H and O–H groups in total. The minimum atomic E-state index is 0. The summed E-state index contributed by atoms with van der Waals surface area (Å²) in [7, 11) is 0. The summed E-state index contributed by atoms with van der Waals surface area (Å²) in [5.74, 6) is 14.7. The first kappa shape index (κ1) is 32.9. The normalized spacial score (nSPS) is 23.8. The topological polar surface area (TPSA) is 0 Å². The van der Waals surface area contributed by atoms with Crippen molar-refractivity contribution >= 4 is 19.8 Å². The fourth-order valence-corrected chi connectivity index (χ4v) is 2.81. The molecule has 0 unspecified atom stereocenters. The van der Waals surface area contributed by atoms with Crippen LogP contribution in [-0.4, -0.2) is 19.8 Å². The van der Waals surface area contributed by atoms with Crippen LogP contribution in [0.5, 0.6) is 0 Å². The summed E-state index contributed by atoms with van der Waals surface area (Å²) < 4.78 is 0. The molecule has 0 saturated heterocycles. The third kappa shape index (κ3) is 6.77. The van der Waals surface area contributed by atoms with Crippen LogP contribution >= 0.6 is 0 Å². The van der Waals surface area contributed by atoms with Crippen LogP contribution in [0.4, 0.5) is 0 Å². The van der Waals surface area contributed by atoms with E-state index >= 15 is 0 Å². The van der Waals surface area contributed by atoms with E-state index in [4.69, 9.17) is 0 Å². The molecule has 2 rings (SSSR count). The van der Waals surface area contributed by atoms with Gasteiger partial charge in [0.05, 0.1) is 0 Å². The Kier molecular flexibility index (Phi) is 18.4. The summed E-state index contributed by atoms with van der Waals surface area (Å²) in [6.07, 6.45) is 0. The predicted molar refractivity (Wildman–Crippen MR) is 108 cm³/mol. The smallest absolute Gasteiger partial charge is 0.358 e. The molecule has 2 aliphatic carbocycles. The molecule has 2 heteroatoms. The van der Waals surface area contributed by atoms with Crippen LogP contribution in [-0.2, 0) is 19.5 Å². The van der Waals surface area contributed by atoms with Gasteiger partial charge in [0.25, 0.3) is 0 Å². The van der Waals surface area contributed by atoms with Crippen molar-refractivity contribution in [2.45, 2.75) is 69.2 Å². The quantitative estimate of drug-likeness (QED) is 0.280. The molecular formula is C22H36GaRh. The summed E-state index contributed by atoms with van der Waals surface area (Å²) in [6, 6.07) is 0. The summed E-state index contributed by atoms with van der Waals surface area (Å²) in [5.41, 5.74) is 0. The maximum atomic E-state index is 2.20. The SMILES string of the molecule is C[C]1[C](C)[C](C)[C](C)[C]1C.C[C]1[C](C)[C](C)[C](C)[C]1C.[CH3-].[CH3-].[Ga].[Rh+2]. The molecule has 0 aliphatic heterocycles. The van der Waals surface area contributed by atoms with Gasteiger partial charge in [0.15, 0.2) is 0 Å². The Labute approximate surface area is 181 Å². The second-order valence-corrected chi connectivity index (χ2v) is 6.25. The van der Waals surface area contributed by atoms with Crippen molar-refractivity contribution in [1.29, 1.82) is 0 Å². The molecule has 2 aliphatic rings. The van der Waals surface area contributed by atoms with E-state index in [0.29, 0.717) is 0 Å². The first-order chi connectivity index (χ1) is 9.11. The molecule has 24 heavy (non-hydrogen) atoms. The molecule has 0 bridgehead atoms. The third-order valence-electron chi connectivity index (χ3n) is 5.62. The van der Waals surface area contributed by atoms with Gasteiger partial charge in [-0.25, -0.2) is 0 Å². The van der Waals surface area contributed by atoms with E-state index in [1.165, 1.54) is 59.2 Å². The van der Waals surface area contributed by atoms with E-state index < -0.39 is 0 Å². The minimum absolute atomic E-state index is 0. The van der Waals surface area contributed by atoms with Crippen molar-refractivity contribution in [3.63, 3.8) is 0 Å². The Balaban J connectivity index is -0.000000143. The van der Waals surface area contributed by atoms with E-state index in [-0.39, 0.29) is 54.1 Å². The van der Waals surface area contributed by atoms with Gasteiger partial charge in [-0.3, -0.25) is 0 Å². The van der Waals surface area contributed by atoms with Gasteiger partial charge in [-0.05, 0) is 59.2 Å². The maximum Gasteiger partial charge on any atom is 2.00 e. The van der Waals surface area contributed by atoms with Crippen molar-refractivity contribution in [2.24, 2.45) is 0 Å². The van der Waals surface area contributed by atoms with Gasteiger partial charge >= 0.3 is 19.5 Å². The zero-order valence-corrected chi connectivity index (χ0v) is 22.0. The number of hydrogen-bond donors (Lipinski definition) is 0. The molecule has 0 nitrogen and oxygen atoms in total. The maximum absolute atomic E-state index is 2.20. The molecule has 0 aromatic heterocycles. The largest absolute Gasteiger partial charge is 2.00 e. The number of hydrogen-bond acceptors (Lipinski definition) is 0. The number of rotatable bonds is 0. The Hall–Kier alpha value is 1.26. The van der Waals surface area contributed by atoms with E-state index in [0.717, 1.165) is 0 Å². The molecule has 0 heterocycles. The Morgan fingerprint density at radius 3 is 0.375 bits per heavy atom. The standard InChI is InChI=1S/2C10H15.2CH3.Ga.Rh/c2*1-6-7(2)9(4)10(5)8(6)3;;;;/h2*1-5H3;2*1H3;;/q;;2*-1;;+2. The monoisotopic (exact) mass is 472 g/mol. The van der Waals surface area contributed by atoms with Gasteiger partial charge in [0, 0.05) is 19.8 Å². The van der Waals surface area contributed by atoms with Gasteiger partial charge in [0.2, 0.25) is 0 Å². The first-order valence-electron chi connectivity index (χ1n) is 7.50. The molecule has 0 aromatic rings. The van der Waals surface area contributed by atoms with Crippen LogP contribution in [0, 0.1) is 74.0 Å². The van der Waals surface area contributed by atoms with Crippen LogP contribution < -0.4 is 0 Å². The van der Waals surface area contributed by atoms with E-state index in [1.54, 1.807) is 0 Å². The van der Waals surface area contributed by atoms with Crippen molar-refractivity contribution < 1.29 is 19.5 Å². The van der Waals surface area contributed by atoms with Crippen LogP contribution in [0.15, 0.2) is 0 Å². The summed E-state index contributed by atoms with van der Waals surface area (Å²) >= 11 is 0. The van der Waals surface area contributed by atoms with Gasteiger partial charge in [0.1, 0.15) is 0 Å². The van der Waals surface area contributed by atoms with E-state index in [9.17, 15) is 0 Å². The van der Waals surface area contributed by atoms with Gasteiger partial charge in [-0.1, -0.05) is 69.2 Å². The molecule has 2 saturated carbocycles. The van der Waals surface area contributed by atoms with Gasteiger partial charge < -0.3 is 14.9 Å². The van der Waals surface area contributed by atoms with Crippen LogP contribution in [0.1, 0.15) is 69.2 Å². The predicted octanol–water partition coefficient (Wildman–Crippen LogP) is 6.46. The van der Waals surface area contributed by atoms with Crippen molar-refractivity contribution in [3.8, 4) is 0 Å². The van der Waals surface area contributed by atoms with Crippen molar-refractivity contribution in [2.75, 3.05) is 0 Å². The zero-order chi connectivity index (χ0) is 15.8. The Morgan fingerprint density at radius 2 is 0.333 bits per heavy atom. The third-order valence-corrected chi connectivity index (χ3v) is 5.62. The molecule has 2 fully saturated rings. The summed E-state index contributed by atoms with van der Waals surface area (Å²) in [6.45, 7) is 22.0. The van der Waals surface area contributed by atoms with Gasteiger partial charge in [-0.15, -0.1) is 0 Å². The molecule has 0 amide bonds. The molecule has 0 spiro atoms. The van der Waals surface area contributed by atoms with Crippen LogP contribution in [0.3, 0.4) is 0 Å². The summed E-state index contributed by atoms with van der Waals surface area (Å²) in [5, 5.41) is 0. The Bertz CT molecular complexity index is 187. The molecule has 0 aromatic carbocycles. The second kappa shape index (κ2) is 13.4. The fraction of sp³-hybridized carbons (Fsp3) is 0.455. The first-order valence-corrected chi connectivity index (χ1v) is 7.50. The van der Waals surface area contributed by atoms with Gasteiger partial charge in [-0.2, -0.15) is 0 Å². The summed E-state index contributed by atoms with van der Waals surface area (Å²) in [4.78, 5) is 0. The molecule has 136 valence electrons. The van der Waals surface area contributed by atoms with Crippen LogP contribution in [0.2, 0.25) is 0 Å². The molecule has 0 atom stereocenters. The molecular weight excluding hydrogens is 437 g/mol. The average molecular weight is 473 g/mol. The van der Waals surface area contributed by atoms with Crippen molar-refractivity contribution in [1.82, 2.24) is 0 Å². The van der Waals surface area contributed by atoms with Crippen molar-refractivity contribution in [3.05, 3.63) is 74.0 Å². The van der Waals surface area contributed by atoms with E-state index in [2.05, 4.69) is 69.2 Å². The van der Waals surface area contributed by atoms with Crippen LogP contribution in [0.25, 0.3) is 0 Å². The fourth-order valence-electron chi connectivity index (χ4n) is 2.81. The van der Waals surface area contributed by atoms with E-state index in [1.807, 2.05) is 0 Å². The minimum Gasteiger partial charge on any atom is -0.358 e. The average Bonchev–Trinajstić information content (AvgIpc) is 2.71.